The van der Waals surface area contributed by atoms with Crippen molar-refractivity contribution in [3.05, 3.63) is 29.3 Å². The first-order valence-corrected chi connectivity index (χ1v) is 7.69. The van der Waals surface area contributed by atoms with Gasteiger partial charge in [-0.1, -0.05) is 35.0 Å². The number of ether oxygens (including phenoxy) is 1. The van der Waals surface area contributed by atoms with Crippen LogP contribution in [0, 0.1) is 0 Å². The van der Waals surface area contributed by atoms with Gasteiger partial charge >= 0.3 is 0 Å². The van der Waals surface area contributed by atoms with Gasteiger partial charge in [0, 0.05) is 17.3 Å². The minimum atomic E-state index is 0.567. The topological polar surface area (TPSA) is 21.3 Å². The summed E-state index contributed by atoms with van der Waals surface area (Å²) >= 11 is 3.59. The summed E-state index contributed by atoms with van der Waals surface area (Å²) < 4.78 is 5.52. The van der Waals surface area contributed by atoms with Crippen molar-refractivity contribution >= 4 is 15.9 Å². The molecule has 100 valence electrons. The average molecular weight is 312 g/mol. The van der Waals surface area contributed by atoms with Crippen LogP contribution in [-0.4, -0.2) is 24.0 Å². The first-order chi connectivity index (χ1) is 8.65. The van der Waals surface area contributed by atoms with Gasteiger partial charge in [-0.25, -0.2) is 0 Å². The van der Waals surface area contributed by atoms with Gasteiger partial charge < -0.3 is 10.1 Å². The second kappa shape index (κ2) is 6.58. The van der Waals surface area contributed by atoms with Crippen molar-refractivity contribution < 1.29 is 4.74 Å². The summed E-state index contributed by atoms with van der Waals surface area (Å²) in [4.78, 5) is 0.581. The van der Waals surface area contributed by atoms with Gasteiger partial charge in [-0.05, 0) is 43.5 Å². The molecule has 2 rings (SSSR count). The zero-order chi connectivity index (χ0) is 13.0. The van der Waals surface area contributed by atoms with E-state index >= 15 is 0 Å². The standard InChI is InChI=1S/C15H22BrNO/c1-11(16)9-12(2)17-7-5-13-3-4-15-14(10-13)6-8-18-15/h3-4,10-12,17H,5-9H2,1-2H3. The highest BCUT2D eigenvalue weighted by molar-refractivity contribution is 9.09. The van der Waals surface area contributed by atoms with Gasteiger partial charge in [0.1, 0.15) is 5.75 Å². The van der Waals surface area contributed by atoms with E-state index in [1.54, 1.807) is 0 Å². The summed E-state index contributed by atoms with van der Waals surface area (Å²) in [5.41, 5.74) is 2.78. The van der Waals surface area contributed by atoms with E-state index in [1.165, 1.54) is 11.1 Å². The molecule has 2 atom stereocenters. The van der Waals surface area contributed by atoms with E-state index in [2.05, 4.69) is 53.3 Å². The van der Waals surface area contributed by atoms with E-state index in [-0.39, 0.29) is 0 Å². The largest absolute Gasteiger partial charge is 0.493 e. The van der Waals surface area contributed by atoms with Crippen molar-refractivity contribution in [1.82, 2.24) is 5.32 Å². The Balaban J connectivity index is 1.77. The molecule has 0 aromatic heterocycles. The summed E-state index contributed by atoms with van der Waals surface area (Å²) in [5.74, 6) is 1.08. The van der Waals surface area contributed by atoms with Crippen molar-refractivity contribution in [2.24, 2.45) is 0 Å². The summed E-state index contributed by atoms with van der Waals surface area (Å²) in [6, 6.07) is 7.16. The predicted molar refractivity (Wildman–Crippen MR) is 79.8 cm³/mol. The Hall–Kier alpha value is -0.540. The highest BCUT2D eigenvalue weighted by atomic mass is 79.9. The van der Waals surface area contributed by atoms with E-state index in [0.29, 0.717) is 10.9 Å². The predicted octanol–water partition coefficient (Wildman–Crippen LogP) is 3.32. The Morgan fingerprint density at radius 1 is 1.39 bits per heavy atom. The summed E-state index contributed by atoms with van der Waals surface area (Å²) in [6.45, 7) is 6.32. The first-order valence-electron chi connectivity index (χ1n) is 6.77. The maximum atomic E-state index is 5.52. The van der Waals surface area contributed by atoms with Gasteiger partial charge in [0.2, 0.25) is 0 Å². The van der Waals surface area contributed by atoms with Gasteiger partial charge in [-0.2, -0.15) is 0 Å². The van der Waals surface area contributed by atoms with Crippen LogP contribution >= 0.6 is 15.9 Å². The van der Waals surface area contributed by atoms with Crippen molar-refractivity contribution in [2.75, 3.05) is 13.2 Å². The molecule has 1 aromatic rings. The number of nitrogens with one attached hydrogen (secondary N) is 1. The molecule has 3 heteroatoms. The van der Waals surface area contributed by atoms with Gasteiger partial charge in [0.25, 0.3) is 0 Å². The molecule has 1 aliphatic rings. The van der Waals surface area contributed by atoms with Crippen molar-refractivity contribution in [1.29, 1.82) is 0 Å². The van der Waals surface area contributed by atoms with Crippen LogP contribution in [0.2, 0.25) is 0 Å². The van der Waals surface area contributed by atoms with E-state index in [4.69, 9.17) is 4.74 Å². The highest BCUT2D eigenvalue weighted by Crippen LogP contribution is 2.25. The van der Waals surface area contributed by atoms with Crippen molar-refractivity contribution in [3.63, 3.8) is 0 Å². The summed E-state index contributed by atoms with van der Waals surface area (Å²) in [7, 11) is 0. The zero-order valence-electron chi connectivity index (χ0n) is 11.2. The van der Waals surface area contributed by atoms with Crippen LogP contribution in [0.4, 0.5) is 0 Å². The highest BCUT2D eigenvalue weighted by Gasteiger charge is 2.12. The Bertz CT molecular complexity index is 392. The van der Waals surface area contributed by atoms with E-state index < -0.39 is 0 Å². The Kier molecular flexibility index (Phi) is 5.07. The summed E-state index contributed by atoms with van der Waals surface area (Å²) in [5, 5.41) is 3.57. The first kappa shape index (κ1) is 13.9. The second-order valence-electron chi connectivity index (χ2n) is 5.16. The molecule has 0 saturated carbocycles. The molecule has 1 heterocycles. The molecule has 0 radical (unpaired) electrons. The number of fused-ring (bicyclic) bond motifs is 1. The van der Waals surface area contributed by atoms with Gasteiger partial charge in [0.15, 0.2) is 0 Å². The fraction of sp³-hybridized carbons (Fsp3) is 0.600. The number of rotatable bonds is 6. The molecule has 1 aromatic carbocycles. The summed E-state index contributed by atoms with van der Waals surface area (Å²) in [6.07, 6.45) is 3.32. The van der Waals surface area contributed by atoms with Gasteiger partial charge in [-0.3, -0.25) is 0 Å². The second-order valence-corrected chi connectivity index (χ2v) is 6.73. The maximum absolute atomic E-state index is 5.52. The molecule has 0 aliphatic carbocycles. The minimum Gasteiger partial charge on any atom is -0.493 e. The molecule has 0 bridgehead atoms. The lowest BCUT2D eigenvalue weighted by atomic mass is 10.1. The third kappa shape index (κ3) is 3.99. The molecule has 0 saturated heterocycles. The number of benzene rings is 1. The van der Waals surface area contributed by atoms with Crippen LogP contribution < -0.4 is 10.1 Å². The van der Waals surface area contributed by atoms with Crippen LogP contribution in [0.5, 0.6) is 5.75 Å². The number of halogens is 1. The number of alkyl halides is 1. The number of hydrogen-bond acceptors (Lipinski definition) is 2. The Morgan fingerprint density at radius 3 is 3.00 bits per heavy atom. The quantitative estimate of drug-likeness (QED) is 0.814. The fourth-order valence-corrected chi connectivity index (χ4v) is 2.99. The third-order valence-electron chi connectivity index (χ3n) is 3.34. The SMILES string of the molecule is CC(Br)CC(C)NCCc1ccc2c(c1)CCO2. The number of hydrogen-bond donors (Lipinski definition) is 1. The fourth-order valence-electron chi connectivity index (χ4n) is 2.43. The molecular weight excluding hydrogens is 290 g/mol. The Labute approximate surface area is 118 Å². The smallest absolute Gasteiger partial charge is 0.122 e. The van der Waals surface area contributed by atoms with Crippen LogP contribution in [0.3, 0.4) is 0 Å². The molecule has 1 N–H and O–H groups in total. The van der Waals surface area contributed by atoms with Gasteiger partial charge in [-0.15, -0.1) is 0 Å². The van der Waals surface area contributed by atoms with Crippen LogP contribution in [0.25, 0.3) is 0 Å². The monoisotopic (exact) mass is 311 g/mol. The zero-order valence-corrected chi connectivity index (χ0v) is 12.8. The van der Waals surface area contributed by atoms with Gasteiger partial charge in [0.05, 0.1) is 6.61 Å². The van der Waals surface area contributed by atoms with E-state index in [1.807, 2.05) is 0 Å². The van der Waals surface area contributed by atoms with Crippen molar-refractivity contribution in [2.45, 2.75) is 44.0 Å². The Morgan fingerprint density at radius 2 is 2.22 bits per heavy atom. The normalized spacial score (nSPS) is 17.1. The van der Waals surface area contributed by atoms with Crippen LogP contribution in [-0.2, 0) is 12.8 Å². The molecule has 0 amide bonds. The molecule has 18 heavy (non-hydrogen) atoms. The molecule has 2 nitrogen and oxygen atoms in total. The molecule has 2 unspecified atom stereocenters. The molecule has 0 fully saturated rings. The lowest BCUT2D eigenvalue weighted by Gasteiger charge is -2.15. The van der Waals surface area contributed by atoms with E-state index in [9.17, 15) is 0 Å². The van der Waals surface area contributed by atoms with Crippen LogP contribution in [0.1, 0.15) is 31.4 Å². The lowest BCUT2D eigenvalue weighted by molar-refractivity contribution is 0.357. The van der Waals surface area contributed by atoms with Crippen molar-refractivity contribution in [3.8, 4) is 5.75 Å². The molecular formula is C15H22BrNO. The van der Waals surface area contributed by atoms with Crippen LogP contribution in [0.15, 0.2) is 18.2 Å². The van der Waals surface area contributed by atoms with E-state index in [0.717, 1.165) is 38.2 Å². The molecule has 0 spiro atoms. The average Bonchev–Trinajstić information content (AvgIpc) is 2.75. The molecule has 1 aliphatic heterocycles. The maximum Gasteiger partial charge on any atom is 0.122 e. The third-order valence-corrected chi connectivity index (χ3v) is 3.71. The minimum absolute atomic E-state index is 0.567. The lowest BCUT2D eigenvalue weighted by Crippen LogP contribution is -2.29.